The zero-order valence-electron chi connectivity index (χ0n) is 17.5. The van der Waals surface area contributed by atoms with Gasteiger partial charge in [-0.2, -0.15) is 34.4 Å². The van der Waals surface area contributed by atoms with Crippen molar-refractivity contribution >= 4 is 9.52 Å². The van der Waals surface area contributed by atoms with Gasteiger partial charge in [0.2, 0.25) is 0 Å². The Morgan fingerprint density at radius 1 is 0.731 bits per heavy atom. The Hall–Kier alpha value is -0.340. The number of rotatable bonds is 6. The first-order chi connectivity index (χ1) is 11.1. The molecule has 0 spiro atoms. The van der Waals surface area contributed by atoms with E-state index in [-0.39, 0.29) is 35.6 Å². The van der Waals surface area contributed by atoms with E-state index in [2.05, 4.69) is 77.9 Å². The maximum absolute atomic E-state index is 2.25. The second-order valence-corrected chi connectivity index (χ2v) is 8.28. The molecule has 0 aliphatic heterocycles. The van der Waals surface area contributed by atoms with Gasteiger partial charge in [0.05, 0.1) is 0 Å². The Morgan fingerprint density at radius 3 is 1.23 bits per heavy atom. The van der Waals surface area contributed by atoms with Gasteiger partial charge in [0.15, 0.2) is 0 Å². The zero-order chi connectivity index (χ0) is 17.5. The van der Waals surface area contributed by atoms with Crippen LogP contribution in [0.1, 0.15) is 62.8 Å². The molecule has 0 amide bonds. The van der Waals surface area contributed by atoms with Crippen molar-refractivity contribution in [3.8, 4) is 0 Å². The third kappa shape index (κ3) is 15.9. The van der Waals surface area contributed by atoms with Gasteiger partial charge in [0, 0.05) is 9.52 Å². The fraction of sp³-hybridized carbons (Fsp3) is 0.545. The maximum atomic E-state index is 2.25. The summed E-state index contributed by atoms with van der Waals surface area (Å²) in [5, 5.41) is 0. The zero-order valence-corrected chi connectivity index (χ0v) is 21.2. The molecule has 1 radical (unpaired) electrons. The largest absolute Gasteiger partial charge is 4.00 e. The minimum absolute atomic E-state index is 0. The van der Waals surface area contributed by atoms with Crippen LogP contribution < -0.4 is 9.41 Å². The second-order valence-electron chi connectivity index (χ2n) is 6.07. The summed E-state index contributed by atoms with van der Waals surface area (Å²) in [7, 11) is 0.815. The van der Waals surface area contributed by atoms with E-state index in [0.29, 0.717) is 0 Å². The molecule has 0 unspecified atom stereocenters. The van der Waals surface area contributed by atoms with E-state index in [0.717, 1.165) is 9.52 Å². The number of halogens is 2. The van der Waals surface area contributed by atoms with Crippen LogP contribution in [0.15, 0.2) is 36.4 Å². The molecule has 26 heavy (non-hydrogen) atoms. The van der Waals surface area contributed by atoms with Gasteiger partial charge in [0.1, 0.15) is 0 Å². The number of aryl methyl sites for hydroxylation is 4. The minimum atomic E-state index is 0. The topological polar surface area (TPSA) is 0 Å². The standard InChI is InChI=1S/2C9H13.C4H11Si.2FH.Zr/c2*1-3-5-9-7-4-6-8(9)2;1-3-5-4-2;;;/h2*4,6-7H,3,5H2,1-2H3;5H,3-4H2,1-2H3;2*1H;/q2*-1;;;;+4/p-2. The van der Waals surface area contributed by atoms with Gasteiger partial charge >= 0.3 is 26.2 Å². The van der Waals surface area contributed by atoms with Crippen LogP contribution >= 0.6 is 0 Å². The monoisotopic (exact) mass is 457 g/mol. The maximum Gasteiger partial charge on any atom is 4.00 e. The summed E-state index contributed by atoms with van der Waals surface area (Å²) in [5.41, 5.74) is 5.91. The molecular weight excluding hydrogens is 422 g/mol. The van der Waals surface area contributed by atoms with Crippen LogP contribution in [0.25, 0.3) is 0 Å². The average Bonchev–Trinajstić information content (AvgIpc) is 3.12. The molecule has 0 aliphatic rings. The van der Waals surface area contributed by atoms with Gasteiger partial charge in [-0.1, -0.05) is 79.3 Å². The third-order valence-corrected chi connectivity index (χ3v) is 5.07. The Labute approximate surface area is 182 Å². The third-order valence-electron chi connectivity index (χ3n) is 3.92. The van der Waals surface area contributed by atoms with Crippen LogP contribution in [-0.2, 0) is 39.0 Å². The Balaban J connectivity index is -0.000000137. The molecule has 0 aromatic heterocycles. The summed E-state index contributed by atoms with van der Waals surface area (Å²) in [6.45, 7) is 13.3. The molecule has 0 heterocycles. The predicted octanol–water partition coefficient (Wildman–Crippen LogP) is 0.638. The molecule has 0 nitrogen and oxygen atoms in total. The smallest absolute Gasteiger partial charge is 1.00 e. The first-order valence-corrected chi connectivity index (χ1v) is 11.0. The van der Waals surface area contributed by atoms with Crippen molar-refractivity contribution in [2.24, 2.45) is 0 Å². The van der Waals surface area contributed by atoms with Crippen LogP contribution in [-0.4, -0.2) is 9.52 Å². The molecule has 0 fully saturated rings. The summed E-state index contributed by atoms with van der Waals surface area (Å²) in [5.74, 6) is 0. The summed E-state index contributed by atoms with van der Waals surface area (Å²) < 4.78 is 0. The molecule has 4 heteroatoms. The van der Waals surface area contributed by atoms with E-state index in [1.54, 1.807) is 0 Å². The molecular formula is C22H37F2SiZr. The second kappa shape index (κ2) is 22.7. The molecule has 147 valence electrons. The van der Waals surface area contributed by atoms with Crippen molar-refractivity contribution in [3.63, 3.8) is 0 Å². The van der Waals surface area contributed by atoms with Crippen LogP contribution in [0.3, 0.4) is 0 Å². The van der Waals surface area contributed by atoms with Gasteiger partial charge < -0.3 is 9.41 Å². The molecule has 0 saturated carbocycles. The van der Waals surface area contributed by atoms with E-state index >= 15 is 0 Å². The molecule has 2 aromatic carbocycles. The van der Waals surface area contributed by atoms with Crippen LogP contribution in [0, 0.1) is 13.8 Å². The Morgan fingerprint density at radius 2 is 1.08 bits per heavy atom. The summed E-state index contributed by atoms with van der Waals surface area (Å²) in [6, 6.07) is 15.9. The van der Waals surface area contributed by atoms with Crippen molar-refractivity contribution < 1.29 is 35.6 Å². The van der Waals surface area contributed by atoms with Crippen molar-refractivity contribution in [1.82, 2.24) is 0 Å². The summed E-state index contributed by atoms with van der Waals surface area (Å²) in [4.78, 5) is 0. The summed E-state index contributed by atoms with van der Waals surface area (Å²) >= 11 is 0. The van der Waals surface area contributed by atoms with Crippen molar-refractivity contribution in [1.29, 1.82) is 0 Å². The molecule has 2 rings (SSSR count). The molecule has 0 aliphatic carbocycles. The molecule has 0 N–H and O–H groups in total. The van der Waals surface area contributed by atoms with Gasteiger partial charge in [-0.3, -0.25) is 0 Å². The van der Waals surface area contributed by atoms with Gasteiger partial charge in [-0.15, -0.1) is 0 Å². The van der Waals surface area contributed by atoms with E-state index in [4.69, 9.17) is 0 Å². The van der Waals surface area contributed by atoms with Crippen LogP contribution in [0.5, 0.6) is 0 Å². The summed E-state index contributed by atoms with van der Waals surface area (Å²) in [6.07, 6.45) is 4.98. The first-order valence-electron chi connectivity index (χ1n) is 9.34. The van der Waals surface area contributed by atoms with Gasteiger partial charge in [0.25, 0.3) is 0 Å². The van der Waals surface area contributed by atoms with Crippen LogP contribution in [0.2, 0.25) is 12.1 Å². The van der Waals surface area contributed by atoms with E-state index in [1.807, 2.05) is 0 Å². The van der Waals surface area contributed by atoms with Crippen molar-refractivity contribution in [3.05, 3.63) is 58.7 Å². The molecule has 0 atom stereocenters. The molecule has 0 saturated heterocycles. The first kappa shape index (κ1) is 33.3. The Bertz CT molecular complexity index is 448. The van der Waals surface area contributed by atoms with E-state index < -0.39 is 0 Å². The van der Waals surface area contributed by atoms with Crippen molar-refractivity contribution in [2.75, 3.05) is 0 Å². The van der Waals surface area contributed by atoms with Crippen molar-refractivity contribution in [2.45, 2.75) is 79.3 Å². The molecule has 2 aromatic rings. The average molecular weight is 459 g/mol. The fourth-order valence-electron chi connectivity index (χ4n) is 2.48. The SMILES string of the molecule is CCC[c-]1cccc1C.CCC[c-]1cccc1C.CC[SiH]CC.[F-].[F-].[Zr+4]. The van der Waals surface area contributed by atoms with E-state index in [9.17, 15) is 0 Å². The van der Waals surface area contributed by atoms with E-state index in [1.165, 1.54) is 60.0 Å². The quantitative estimate of drug-likeness (QED) is 0.440. The number of hydrogen-bond donors (Lipinski definition) is 0. The van der Waals surface area contributed by atoms with Gasteiger partial charge in [-0.05, 0) is 0 Å². The Kier molecular flexibility index (Phi) is 29.0. The van der Waals surface area contributed by atoms with Crippen LogP contribution in [0.4, 0.5) is 0 Å². The van der Waals surface area contributed by atoms with Gasteiger partial charge in [-0.25, -0.2) is 24.3 Å². The fourth-order valence-corrected chi connectivity index (χ4v) is 3.06. The number of hydrogen-bond acceptors (Lipinski definition) is 0. The predicted molar refractivity (Wildman–Crippen MR) is 110 cm³/mol. The molecule has 0 bridgehead atoms. The normalized spacial score (nSPS) is 8.54. The minimum Gasteiger partial charge on any atom is -1.00 e.